The van der Waals surface area contributed by atoms with E-state index in [1.165, 1.54) is 13.0 Å². The first-order chi connectivity index (χ1) is 10.0. The van der Waals surface area contributed by atoms with Gasteiger partial charge in [0.1, 0.15) is 17.5 Å². The second-order valence-electron chi connectivity index (χ2n) is 5.56. The SMILES string of the molecule is CCN(CC)CCCC(C)Nc1nc(C)nc(NC)c1C. The fraction of sp³-hybridized carbons (Fsp3) is 0.750. The highest BCUT2D eigenvalue weighted by Gasteiger charge is 2.11. The molecule has 1 heterocycles. The molecule has 1 rings (SSSR count). The van der Waals surface area contributed by atoms with E-state index in [4.69, 9.17) is 0 Å². The lowest BCUT2D eigenvalue weighted by molar-refractivity contribution is 0.295. The molecule has 1 aromatic heterocycles. The highest BCUT2D eigenvalue weighted by atomic mass is 15.1. The van der Waals surface area contributed by atoms with E-state index in [0.717, 1.165) is 42.5 Å². The van der Waals surface area contributed by atoms with Crippen LogP contribution in [0.25, 0.3) is 0 Å². The number of aryl methyl sites for hydroxylation is 1. The van der Waals surface area contributed by atoms with E-state index < -0.39 is 0 Å². The lowest BCUT2D eigenvalue weighted by atomic mass is 10.1. The van der Waals surface area contributed by atoms with Crippen LogP contribution in [-0.2, 0) is 0 Å². The number of rotatable bonds is 9. The Labute approximate surface area is 129 Å². The average molecular weight is 293 g/mol. The van der Waals surface area contributed by atoms with Crippen LogP contribution in [0.5, 0.6) is 0 Å². The Bertz CT molecular complexity index is 429. The van der Waals surface area contributed by atoms with Crippen molar-refractivity contribution >= 4 is 11.6 Å². The van der Waals surface area contributed by atoms with Gasteiger partial charge in [0.15, 0.2) is 0 Å². The van der Waals surface area contributed by atoms with Crippen LogP contribution in [0.3, 0.4) is 0 Å². The van der Waals surface area contributed by atoms with Crippen LogP contribution in [0.1, 0.15) is 45.0 Å². The molecule has 120 valence electrons. The Morgan fingerprint density at radius 1 is 1.10 bits per heavy atom. The van der Waals surface area contributed by atoms with Gasteiger partial charge in [0.2, 0.25) is 0 Å². The third-order valence-corrected chi connectivity index (χ3v) is 3.88. The van der Waals surface area contributed by atoms with Crippen LogP contribution in [0, 0.1) is 13.8 Å². The van der Waals surface area contributed by atoms with Crippen molar-refractivity contribution in [2.45, 2.75) is 53.5 Å². The van der Waals surface area contributed by atoms with Crippen LogP contribution >= 0.6 is 0 Å². The fourth-order valence-electron chi connectivity index (χ4n) is 2.48. The molecule has 0 aliphatic heterocycles. The molecular weight excluding hydrogens is 262 g/mol. The number of anilines is 2. The van der Waals surface area contributed by atoms with Gasteiger partial charge in [0.25, 0.3) is 0 Å². The molecule has 0 aromatic carbocycles. The molecule has 0 bridgehead atoms. The minimum atomic E-state index is 0.415. The summed E-state index contributed by atoms with van der Waals surface area (Å²) in [6.45, 7) is 14.1. The maximum atomic E-state index is 4.52. The number of hydrogen-bond donors (Lipinski definition) is 2. The molecule has 0 amide bonds. The summed E-state index contributed by atoms with van der Waals surface area (Å²) in [5.74, 6) is 2.64. The van der Waals surface area contributed by atoms with Crippen molar-refractivity contribution in [3.05, 3.63) is 11.4 Å². The van der Waals surface area contributed by atoms with Crippen molar-refractivity contribution in [3.63, 3.8) is 0 Å². The van der Waals surface area contributed by atoms with Gasteiger partial charge in [0.05, 0.1) is 0 Å². The van der Waals surface area contributed by atoms with Crippen molar-refractivity contribution < 1.29 is 0 Å². The van der Waals surface area contributed by atoms with Gasteiger partial charge in [-0.3, -0.25) is 0 Å². The van der Waals surface area contributed by atoms with E-state index in [1.54, 1.807) is 0 Å². The minimum absolute atomic E-state index is 0.415. The summed E-state index contributed by atoms with van der Waals surface area (Å²) < 4.78 is 0. The molecule has 0 radical (unpaired) electrons. The second kappa shape index (κ2) is 8.82. The zero-order chi connectivity index (χ0) is 15.8. The molecule has 5 nitrogen and oxygen atoms in total. The van der Waals surface area contributed by atoms with Gasteiger partial charge in [-0.05, 0) is 53.2 Å². The highest BCUT2D eigenvalue weighted by Crippen LogP contribution is 2.20. The first-order valence-electron chi connectivity index (χ1n) is 8.03. The topological polar surface area (TPSA) is 53.1 Å². The molecular formula is C16H31N5. The van der Waals surface area contributed by atoms with Crippen molar-refractivity contribution in [3.8, 4) is 0 Å². The van der Waals surface area contributed by atoms with Crippen molar-refractivity contribution in [1.82, 2.24) is 14.9 Å². The number of nitrogens with one attached hydrogen (secondary N) is 2. The van der Waals surface area contributed by atoms with Crippen molar-refractivity contribution in [2.75, 3.05) is 37.3 Å². The molecule has 0 saturated carbocycles. The minimum Gasteiger partial charge on any atom is -0.373 e. The first-order valence-corrected chi connectivity index (χ1v) is 8.03. The molecule has 5 heteroatoms. The summed E-state index contributed by atoms with van der Waals surface area (Å²) in [5.41, 5.74) is 1.08. The van der Waals surface area contributed by atoms with Gasteiger partial charge in [-0.2, -0.15) is 0 Å². The maximum Gasteiger partial charge on any atom is 0.134 e. The quantitative estimate of drug-likeness (QED) is 0.733. The smallest absolute Gasteiger partial charge is 0.134 e. The van der Waals surface area contributed by atoms with Crippen LogP contribution < -0.4 is 10.6 Å². The summed E-state index contributed by atoms with van der Waals surface area (Å²) in [7, 11) is 1.89. The third-order valence-electron chi connectivity index (χ3n) is 3.88. The lowest BCUT2D eigenvalue weighted by Gasteiger charge is -2.21. The maximum absolute atomic E-state index is 4.52. The summed E-state index contributed by atoms with van der Waals surface area (Å²) in [6.07, 6.45) is 2.35. The van der Waals surface area contributed by atoms with Crippen LogP contribution in [0.15, 0.2) is 0 Å². The average Bonchev–Trinajstić information content (AvgIpc) is 2.47. The molecule has 0 aliphatic carbocycles. The van der Waals surface area contributed by atoms with Gasteiger partial charge in [-0.15, -0.1) is 0 Å². The van der Waals surface area contributed by atoms with Gasteiger partial charge < -0.3 is 15.5 Å². The molecule has 0 saturated heterocycles. The second-order valence-corrected chi connectivity index (χ2v) is 5.56. The molecule has 1 atom stereocenters. The van der Waals surface area contributed by atoms with Gasteiger partial charge in [0, 0.05) is 18.7 Å². The zero-order valence-corrected chi connectivity index (χ0v) is 14.5. The third kappa shape index (κ3) is 5.50. The van der Waals surface area contributed by atoms with E-state index in [-0.39, 0.29) is 0 Å². The summed E-state index contributed by atoms with van der Waals surface area (Å²) in [4.78, 5) is 11.4. The first kappa shape index (κ1) is 17.7. The summed E-state index contributed by atoms with van der Waals surface area (Å²) in [5, 5.41) is 6.65. The Hall–Kier alpha value is -1.36. The number of hydrogen-bond acceptors (Lipinski definition) is 5. The molecule has 0 aliphatic rings. The van der Waals surface area contributed by atoms with E-state index in [2.05, 4.69) is 53.2 Å². The van der Waals surface area contributed by atoms with Gasteiger partial charge in [-0.1, -0.05) is 13.8 Å². The van der Waals surface area contributed by atoms with E-state index in [9.17, 15) is 0 Å². The van der Waals surface area contributed by atoms with Gasteiger partial charge in [-0.25, -0.2) is 9.97 Å². The molecule has 1 unspecified atom stereocenters. The fourth-order valence-corrected chi connectivity index (χ4v) is 2.48. The molecule has 1 aromatic rings. The highest BCUT2D eigenvalue weighted by molar-refractivity contribution is 5.57. The predicted octanol–water partition coefficient (Wildman–Crippen LogP) is 3.06. The molecule has 0 fully saturated rings. The van der Waals surface area contributed by atoms with E-state index in [0.29, 0.717) is 6.04 Å². The summed E-state index contributed by atoms with van der Waals surface area (Å²) in [6, 6.07) is 0.415. The Balaban J connectivity index is 2.55. The number of aromatic nitrogens is 2. The van der Waals surface area contributed by atoms with E-state index in [1.807, 2.05) is 14.0 Å². The van der Waals surface area contributed by atoms with E-state index >= 15 is 0 Å². The zero-order valence-electron chi connectivity index (χ0n) is 14.5. The Kier molecular flexibility index (Phi) is 7.43. The van der Waals surface area contributed by atoms with Crippen LogP contribution in [0.2, 0.25) is 0 Å². The molecule has 0 spiro atoms. The number of nitrogens with zero attached hydrogens (tertiary/aromatic N) is 3. The molecule has 2 N–H and O–H groups in total. The van der Waals surface area contributed by atoms with Crippen molar-refractivity contribution in [2.24, 2.45) is 0 Å². The standard InChI is InChI=1S/C16H31N5/c1-7-21(8-2)11-9-10-12(3)18-16-13(4)15(17-6)19-14(5)20-16/h12H,7-11H2,1-6H3,(H2,17,18,19,20). The molecule has 21 heavy (non-hydrogen) atoms. The van der Waals surface area contributed by atoms with Crippen LogP contribution in [-0.4, -0.2) is 47.6 Å². The predicted molar refractivity (Wildman–Crippen MR) is 91.2 cm³/mol. The Morgan fingerprint density at radius 2 is 1.71 bits per heavy atom. The van der Waals surface area contributed by atoms with Crippen LogP contribution in [0.4, 0.5) is 11.6 Å². The largest absolute Gasteiger partial charge is 0.373 e. The lowest BCUT2D eigenvalue weighted by Crippen LogP contribution is -2.26. The summed E-state index contributed by atoms with van der Waals surface area (Å²) >= 11 is 0. The van der Waals surface area contributed by atoms with Gasteiger partial charge >= 0.3 is 0 Å². The van der Waals surface area contributed by atoms with Crippen molar-refractivity contribution in [1.29, 1.82) is 0 Å². The Morgan fingerprint density at radius 3 is 2.29 bits per heavy atom. The monoisotopic (exact) mass is 293 g/mol. The normalized spacial score (nSPS) is 12.5.